The van der Waals surface area contributed by atoms with Crippen LogP contribution in [0.2, 0.25) is 5.02 Å². The minimum atomic E-state index is -4.85. The average molecular weight is 576 g/mol. The zero-order valence-corrected chi connectivity index (χ0v) is 22.1. The Balaban J connectivity index is 1.66. The molecule has 1 N–H and O–H groups in total. The molecule has 2 atom stereocenters. The Morgan fingerprint density at radius 1 is 1.15 bits per heavy atom. The van der Waals surface area contributed by atoms with Gasteiger partial charge >= 0.3 is 12.1 Å². The number of aliphatic carboxylic acids is 1. The maximum atomic E-state index is 13.9. The largest absolute Gasteiger partial charge is 0.481 e. The molecule has 1 unspecified atom stereocenters. The van der Waals surface area contributed by atoms with Crippen LogP contribution in [0.15, 0.2) is 42.5 Å². The number of carboxylic acid groups (broad SMARTS) is 1. The number of carbonyl (C=O) groups is 3. The minimum absolute atomic E-state index is 0.140. The van der Waals surface area contributed by atoms with Gasteiger partial charge in [-0.1, -0.05) is 23.7 Å². The number of allylic oxidation sites excluding steroid dienone is 2. The molecule has 2 heterocycles. The van der Waals surface area contributed by atoms with Gasteiger partial charge in [-0.25, -0.2) is 0 Å². The first-order valence-electron chi connectivity index (χ1n) is 12.7. The maximum Gasteiger partial charge on any atom is 0.417 e. The van der Waals surface area contributed by atoms with Crippen LogP contribution in [0.4, 0.5) is 13.2 Å². The predicted octanol–water partition coefficient (Wildman–Crippen LogP) is 5.53. The monoisotopic (exact) mass is 575 g/mol. The molecule has 0 spiro atoms. The second-order valence-corrected chi connectivity index (χ2v) is 10.3. The Morgan fingerprint density at radius 3 is 2.58 bits per heavy atom. The van der Waals surface area contributed by atoms with Gasteiger partial charge < -0.3 is 14.7 Å². The lowest BCUT2D eigenvalue weighted by atomic mass is 9.87. The van der Waals surface area contributed by atoms with E-state index >= 15 is 0 Å². The SMILES string of the molecule is C[C@@H]1COCCN1C(=O)c1ccc2c(C3=CCC(C(=O)O)CC3)nn(C(=O)c3c(Cl)cccc3C(F)(F)F)c2c1. The number of ether oxygens (including phenoxy) is 1. The van der Waals surface area contributed by atoms with Gasteiger partial charge in [0.05, 0.1) is 52.5 Å². The Kier molecular flexibility index (Phi) is 7.45. The standard InChI is InChI=1S/C28H25ClF3N3O5/c1-15-14-40-12-11-34(15)25(36)18-9-10-19-22(13-18)35(33-24(19)16-5-7-17(8-6-16)27(38)39)26(37)23-20(28(30,31)32)3-2-4-21(23)29/h2-5,9-10,13,15,17H,6-8,11-12,14H2,1H3,(H,38,39)/t15-,17?/m1/s1. The fraction of sp³-hybridized carbons (Fsp3) is 0.357. The van der Waals surface area contributed by atoms with Crippen LogP contribution in [0, 0.1) is 5.92 Å². The zero-order valence-electron chi connectivity index (χ0n) is 21.4. The summed E-state index contributed by atoms with van der Waals surface area (Å²) in [5.74, 6) is -2.89. The van der Waals surface area contributed by atoms with Crippen LogP contribution in [0.3, 0.4) is 0 Å². The number of alkyl halides is 3. The van der Waals surface area contributed by atoms with Crippen LogP contribution in [0.25, 0.3) is 16.5 Å². The lowest BCUT2D eigenvalue weighted by molar-refractivity contribution is -0.142. The van der Waals surface area contributed by atoms with Crippen LogP contribution < -0.4 is 0 Å². The molecular formula is C28H25ClF3N3O5. The van der Waals surface area contributed by atoms with Gasteiger partial charge in [0.1, 0.15) is 0 Å². The number of aromatic nitrogens is 2. The van der Waals surface area contributed by atoms with E-state index in [1.54, 1.807) is 23.1 Å². The second kappa shape index (κ2) is 10.7. The lowest BCUT2D eigenvalue weighted by Gasteiger charge is -2.33. The quantitative estimate of drug-likeness (QED) is 0.439. The van der Waals surface area contributed by atoms with Crippen molar-refractivity contribution in [3.63, 3.8) is 0 Å². The van der Waals surface area contributed by atoms with Crippen LogP contribution in [-0.2, 0) is 15.7 Å². The summed E-state index contributed by atoms with van der Waals surface area (Å²) in [4.78, 5) is 40.2. The number of carboxylic acids is 1. The number of hydrogen-bond acceptors (Lipinski definition) is 5. The first kappa shape index (κ1) is 27.9. The highest BCUT2D eigenvalue weighted by Crippen LogP contribution is 2.38. The number of morpholine rings is 1. The number of halogens is 4. The van der Waals surface area contributed by atoms with Crippen molar-refractivity contribution in [2.45, 2.75) is 38.4 Å². The van der Waals surface area contributed by atoms with E-state index < -0.39 is 35.1 Å². The number of amides is 1. The van der Waals surface area contributed by atoms with E-state index in [-0.39, 0.29) is 34.5 Å². The molecule has 5 rings (SSSR count). The first-order valence-corrected chi connectivity index (χ1v) is 13.1. The van der Waals surface area contributed by atoms with E-state index in [1.807, 2.05) is 6.92 Å². The number of carbonyl (C=O) groups excluding carboxylic acids is 2. The van der Waals surface area contributed by atoms with Crippen molar-refractivity contribution in [1.29, 1.82) is 0 Å². The summed E-state index contributed by atoms with van der Waals surface area (Å²) in [6, 6.07) is 7.54. The van der Waals surface area contributed by atoms with Gasteiger partial charge in [0.25, 0.3) is 11.8 Å². The Bertz CT molecular complexity index is 1550. The third-order valence-electron chi connectivity index (χ3n) is 7.35. The van der Waals surface area contributed by atoms with Crippen molar-refractivity contribution in [2.75, 3.05) is 19.8 Å². The molecule has 3 aromatic rings. The molecule has 0 saturated carbocycles. The normalized spacial score (nSPS) is 19.9. The summed E-state index contributed by atoms with van der Waals surface area (Å²) in [7, 11) is 0. The molecule has 210 valence electrons. The molecule has 1 fully saturated rings. The fourth-order valence-corrected chi connectivity index (χ4v) is 5.45. The van der Waals surface area contributed by atoms with Crippen molar-refractivity contribution in [2.24, 2.45) is 5.92 Å². The molecule has 0 radical (unpaired) electrons. The Morgan fingerprint density at radius 2 is 1.93 bits per heavy atom. The van der Waals surface area contributed by atoms with Crippen molar-refractivity contribution in [1.82, 2.24) is 14.7 Å². The minimum Gasteiger partial charge on any atom is -0.481 e. The van der Waals surface area contributed by atoms with E-state index in [4.69, 9.17) is 16.3 Å². The molecular weight excluding hydrogens is 551 g/mol. The molecule has 1 aliphatic heterocycles. The molecule has 1 aliphatic carbocycles. The predicted molar refractivity (Wildman–Crippen MR) is 140 cm³/mol. The van der Waals surface area contributed by atoms with Gasteiger partial charge in [-0.05, 0) is 62.1 Å². The van der Waals surface area contributed by atoms with Crippen molar-refractivity contribution in [3.05, 3.63) is 69.9 Å². The lowest BCUT2D eigenvalue weighted by Crippen LogP contribution is -2.47. The first-order chi connectivity index (χ1) is 19.0. The smallest absolute Gasteiger partial charge is 0.417 e. The van der Waals surface area contributed by atoms with Gasteiger partial charge in [-0.15, -0.1) is 0 Å². The highest BCUT2D eigenvalue weighted by Gasteiger charge is 2.38. The molecule has 1 aromatic heterocycles. The molecule has 2 aromatic carbocycles. The Hall–Kier alpha value is -3.70. The summed E-state index contributed by atoms with van der Waals surface area (Å²) in [5, 5.41) is 13.8. The second-order valence-electron chi connectivity index (χ2n) is 9.92. The summed E-state index contributed by atoms with van der Waals surface area (Å²) < 4.78 is 47.9. The highest BCUT2D eigenvalue weighted by molar-refractivity contribution is 6.34. The molecule has 2 aliphatic rings. The molecule has 0 bridgehead atoms. The van der Waals surface area contributed by atoms with Gasteiger partial charge in [0, 0.05) is 17.5 Å². The van der Waals surface area contributed by atoms with Crippen molar-refractivity contribution in [3.8, 4) is 0 Å². The van der Waals surface area contributed by atoms with Crippen molar-refractivity contribution >= 4 is 45.9 Å². The summed E-state index contributed by atoms with van der Waals surface area (Å²) >= 11 is 6.13. The van der Waals surface area contributed by atoms with Crippen LogP contribution >= 0.6 is 11.6 Å². The van der Waals surface area contributed by atoms with Crippen LogP contribution in [0.5, 0.6) is 0 Å². The zero-order chi connectivity index (χ0) is 28.8. The average Bonchev–Trinajstić information content (AvgIpc) is 3.31. The molecule has 40 heavy (non-hydrogen) atoms. The van der Waals surface area contributed by atoms with E-state index in [2.05, 4.69) is 5.10 Å². The van der Waals surface area contributed by atoms with Crippen LogP contribution in [-0.4, -0.2) is 63.4 Å². The highest BCUT2D eigenvalue weighted by atomic mass is 35.5. The number of benzene rings is 2. The summed E-state index contributed by atoms with van der Waals surface area (Å²) in [5.41, 5.74) is -0.571. The van der Waals surface area contributed by atoms with E-state index in [9.17, 15) is 32.7 Å². The van der Waals surface area contributed by atoms with Gasteiger partial charge in [0.2, 0.25) is 0 Å². The summed E-state index contributed by atoms with van der Waals surface area (Å²) in [6.07, 6.45) is -2.18. The molecule has 8 nitrogen and oxygen atoms in total. The van der Waals surface area contributed by atoms with Crippen molar-refractivity contribution < 1.29 is 37.4 Å². The number of fused-ring (bicyclic) bond motifs is 1. The number of hydrogen-bond donors (Lipinski definition) is 1. The molecule has 1 saturated heterocycles. The third-order valence-corrected chi connectivity index (χ3v) is 7.66. The Labute approximate surface area is 232 Å². The van der Waals surface area contributed by atoms with Gasteiger partial charge in [0.15, 0.2) is 0 Å². The number of rotatable bonds is 4. The third kappa shape index (κ3) is 5.11. The fourth-order valence-electron chi connectivity index (χ4n) is 5.19. The van der Waals surface area contributed by atoms with E-state index in [0.29, 0.717) is 49.3 Å². The number of nitrogens with zero attached hydrogens (tertiary/aromatic N) is 3. The van der Waals surface area contributed by atoms with Gasteiger partial charge in [-0.2, -0.15) is 23.0 Å². The molecule has 12 heteroatoms. The topological polar surface area (TPSA) is 102 Å². The molecule has 1 amide bonds. The van der Waals surface area contributed by atoms with Gasteiger partial charge in [-0.3, -0.25) is 14.4 Å². The van der Waals surface area contributed by atoms with E-state index in [0.717, 1.165) is 16.8 Å². The van der Waals surface area contributed by atoms with Crippen LogP contribution in [0.1, 0.15) is 58.2 Å². The van der Waals surface area contributed by atoms with E-state index in [1.165, 1.54) is 12.1 Å². The maximum absolute atomic E-state index is 13.9. The summed E-state index contributed by atoms with van der Waals surface area (Å²) in [6.45, 7) is 2.95.